The molecule has 0 radical (unpaired) electrons. The predicted octanol–water partition coefficient (Wildman–Crippen LogP) is 4.43. The van der Waals surface area contributed by atoms with E-state index in [1.54, 1.807) is 23.3 Å². The average molecular weight is 451 g/mol. The van der Waals surface area contributed by atoms with Crippen molar-refractivity contribution in [1.29, 1.82) is 0 Å². The molecule has 0 unspecified atom stereocenters. The molecule has 7 nitrogen and oxygen atoms in total. The molecule has 0 bridgehead atoms. The minimum Gasteiger partial charge on any atom is -0.467 e. The van der Waals surface area contributed by atoms with Crippen LogP contribution in [0.4, 0.5) is 5.69 Å². The van der Waals surface area contributed by atoms with Gasteiger partial charge in [-0.05, 0) is 37.5 Å². The number of hydrogen-bond donors (Lipinski definition) is 0. The quantitative estimate of drug-likeness (QED) is 0.498. The van der Waals surface area contributed by atoms with Crippen LogP contribution in [0.2, 0.25) is 0 Å². The first kappa shape index (κ1) is 24.8. The number of hydrogen-bond acceptors (Lipinski definition) is 6. The molecule has 0 aliphatic carbocycles. The highest BCUT2D eigenvalue weighted by atomic mass is 32.2. The van der Waals surface area contributed by atoms with Crippen molar-refractivity contribution in [2.45, 2.75) is 54.1 Å². The number of carbonyl (C=O) groups is 1. The second-order valence-electron chi connectivity index (χ2n) is 8.82. The van der Waals surface area contributed by atoms with Crippen molar-refractivity contribution in [2.75, 3.05) is 24.2 Å². The summed E-state index contributed by atoms with van der Waals surface area (Å²) in [6.07, 6.45) is 2.94. The number of carbonyl (C=O) groups excluding carboxylic acids is 1. The van der Waals surface area contributed by atoms with Gasteiger partial charge in [-0.25, -0.2) is 0 Å². The predicted molar refractivity (Wildman–Crippen MR) is 123 cm³/mol. The summed E-state index contributed by atoms with van der Waals surface area (Å²) in [6.45, 7) is 12.1. The lowest BCUT2D eigenvalue weighted by molar-refractivity contribution is -0.134. The van der Waals surface area contributed by atoms with E-state index in [2.05, 4.69) is 4.90 Å². The van der Waals surface area contributed by atoms with Crippen LogP contribution in [0.1, 0.15) is 52.4 Å². The monoisotopic (exact) mass is 450 g/mol. The molecular formula is C23H34N2O5S. The molecule has 1 aromatic carbocycles. The lowest BCUT2D eigenvalue weighted by atomic mass is 9.91. The van der Waals surface area contributed by atoms with Crippen LogP contribution in [0.5, 0.6) is 5.75 Å². The van der Waals surface area contributed by atoms with Crippen LogP contribution in [-0.4, -0.2) is 38.6 Å². The standard InChI is InChI=1S/C23H34N2O5S/c1-7-24(8-2)19-12-11-18(21(14-19)30-31(6,27)28)16-25(17-20-10-9-13-29-20)22(26)15-23(3,4)5/h9-14H,7-8,15-17H2,1-6H3. The van der Waals surface area contributed by atoms with Crippen LogP contribution in [0.25, 0.3) is 0 Å². The first-order valence-electron chi connectivity index (χ1n) is 10.5. The van der Waals surface area contributed by atoms with Crippen LogP contribution in [0.15, 0.2) is 41.0 Å². The minimum absolute atomic E-state index is 0.0398. The SMILES string of the molecule is CCN(CC)c1ccc(CN(Cc2ccco2)C(=O)CC(C)(C)C)c(OS(C)(=O)=O)c1. The van der Waals surface area contributed by atoms with Gasteiger partial charge in [-0.15, -0.1) is 0 Å². The summed E-state index contributed by atoms with van der Waals surface area (Å²) in [4.78, 5) is 16.8. The van der Waals surface area contributed by atoms with Crippen LogP contribution in [0, 0.1) is 5.41 Å². The molecule has 2 aromatic rings. The van der Waals surface area contributed by atoms with E-state index < -0.39 is 10.1 Å². The average Bonchev–Trinajstić information content (AvgIpc) is 3.14. The molecule has 0 atom stereocenters. The maximum absolute atomic E-state index is 13.1. The fourth-order valence-electron chi connectivity index (χ4n) is 3.29. The summed E-state index contributed by atoms with van der Waals surface area (Å²) in [6, 6.07) is 9.07. The van der Waals surface area contributed by atoms with Crippen LogP contribution in [-0.2, 0) is 28.0 Å². The van der Waals surface area contributed by atoms with Crippen molar-refractivity contribution in [3.05, 3.63) is 47.9 Å². The Hall–Kier alpha value is -2.48. The van der Waals surface area contributed by atoms with Gasteiger partial charge in [0.15, 0.2) is 0 Å². The van der Waals surface area contributed by atoms with Gasteiger partial charge in [0.2, 0.25) is 5.91 Å². The molecule has 8 heteroatoms. The van der Waals surface area contributed by atoms with Crippen LogP contribution < -0.4 is 9.08 Å². The van der Waals surface area contributed by atoms with Crippen LogP contribution in [0.3, 0.4) is 0 Å². The van der Waals surface area contributed by atoms with E-state index in [0.29, 0.717) is 17.7 Å². The topological polar surface area (TPSA) is 80.1 Å². The van der Waals surface area contributed by atoms with Gasteiger partial charge in [0.1, 0.15) is 11.5 Å². The van der Waals surface area contributed by atoms with Gasteiger partial charge in [-0.2, -0.15) is 8.42 Å². The van der Waals surface area contributed by atoms with Crippen molar-refractivity contribution in [3.63, 3.8) is 0 Å². The van der Waals surface area contributed by atoms with Crippen molar-refractivity contribution >= 4 is 21.7 Å². The second kappa shape index (κ2) is 10.2. The lowest BCUT2D eigenvalue weighted by Crippen LogP contribution is -2.33. The Morgan fingerprint density at radius 2 is 1.77 bits per heavy atom. The summed E-state index contributed by atoms with van der Waals surface area (Å²) in [5, 5.41) is 0. The summed E-state index contributed by atoms with van der Waals surface area (Å²) >= 11 is 0. The molecule has 0 spiro atoms. The van der Waals surface area contributed by atoms with Crippen molar-refractivity contribution in [1.82, 2.24) is 4.90 Å². The van der Waals surface area contributed by atoms with E-state index in [4.69, 9.17) is 8.60 Å². The Kier molecular flexibility index (Phi) is 8.17. The lowest BCUT2D eigenvalue weighted by Gasteiger charge is -2.27. The van der Waals surface area contributed by atoms with Crippen molar-refractivity contribution < 1.29 is 21.8 Å². The van der Waals surface area contributed by atoms with Gasteiger partial charge >= 0.3 is 10.1 Å². The highest BCUT2D eigenvalue weighted by molar-refractivity contribution is 7.86. The van der Waals surface area contributed by atoms with E-state index in [1.165, 1.54) is 0 Å². The van der Waals surface area contributed by atoms with Gasteiger partial charge in [-0.1, -0.05) is 26.8 Å². The summed E-state index contributed by atoms with van der Waals surface area (Å²) in [5.74, 6) is 0.856. The van der Waals surface area contributed by atoms with E-state index in [9.17, 15) is 13.2 Å². The highest BCUT2D eigenvalue weighted by Crippen LogP contribution is 2.30. The van der Waals surface area contributed by atoms with E-state index >= 15 is 0 Å². The molecule has 0 saturated heterocycles. The zero-order valence-electron chi connectivity index (χ0n) is 19.3. The third-order valence-corrected chi connectivity index (χ3v) is 5.23. The molecule has 1 aromatic heterocycles. The van der Waals surface area contributed by atoms with Gasteiger partial charge in [0.05, 0.1) is 19.1 Å². The van der Waals surface area contributed by atoms with Gasteiger partial charge in [0.25, 0.3) is 0 Å². The third-order valence-electron chi connectivity index (χ3n) is 4.74. The molecule has 2 rings (SSSR count). The Morgan fingerprint density at radius 3 is 2.29 bits per heavy atom. The smallest absolute Gasteiger partial charge is 0.306 e. The van der Waals surface area contributed by atoms with Crippen LogP contribution >= 0.6 is 0 Å². The Morgan fingerprint density at radius 1 is 1.10 bits per heavy atom. The first-order chi connectivity index (χ1) is 14.4. The minimum atomic E-state index is -3.73. The molecule has 0 N–H and O–H groups in total. The van der Waals surface area contributed by atoms with Gasteiger partial charge in [-0.3, -0.25) is 4.79 Å². The molecule has 31 heavy (non-hydrogen) atoms. The number of furan rings is 1. The largest absolute Gasteiger partial charge is 0.467 e. The zero-order valence-corrected chi connectivity index (χ0v) is 20.2. The van der Waals surface area contributed by atoms with Gasteiger partial charge in [0, 0.05) is 43.4 Å². The normalized spacial score (nSPS) is 11.9. The molecule has 1 heterocycles. The maximum atomic E-state index is 13.1. The van der Waals surface area contributed by atoms with E-state index in [-0.39, 0.29) is 30.2 Å². The fraction of sp³-hybridized carbons (Fsp3) is 0.522. The summed E-state index contributed by atoms with van der Waals surface area (Å²) in [7, 11) is -3.73. The van der Waals surface area contributed by atoms with E-state index in [1.807, 2.05) is 52.8 Å². The Balaban J connectivity index is 2.41. The fourth-order valence-corrected chi connectivity index (χ4v) is 3.78. The number of rotatable bonds is 10. The number of nitrogens with zero attached hydrogens (tertiary/aromatic N) is 2. The first-order valence-corrected chi connectivity index (χ1v) is 12.3. The van der Waals surface area contributed by atoms with Crippen molar-refractivity contribution in [2.24, 2.45) is 5.41 Å². The Bertz CT molecular complexity index is 958. The molecule has 0 fully saturated rings. The van der Waals surface area contributed by atoms with Gasteiger partial charge < -0.3 is 18.4 Å². The molecule has 1 amide bonds. The molecule has 0 aliphatic rings. The second-order valence-corrected chi connectivity index (χ2v) is 10.4. The summed E-state index contributed by atoms with van der Waals surface area (Å²) < 4.78 is 34.6. The molecular weight excluding hydrogens is 416 g/mol. The molecule has 172 valence electrons. The molecule has 0 saturated carbocycles. The summed E-state index contributed by atoms with van der Waals surface area (Å²) in [5.41, 5.74) is 1.30. The van der Waals surface area contributed by atoms with Crippen molar-refractivity contribution in [3.8, 4) is 5.75 Å². The third kappa shape index (κ3) is 7.94. The maximum Gasteiger partial charge on any atom is 0.306 e. The zero-order chi connectivity index (χ0) is 23.2. The number of benzene rings is 1. The molecule has 0 aliphatic heterocycles. The van der Waals surface area contributed by atoms with E-state index in [0.717, 1.165) is 25.0 Å². The number of anilines is 1. The Labute approximate surface area is 186 Å². The number of amides is 1. The highest BCUT2D eigenvalue weighted by Gasteiger charge is 2.24.